The van der Waals surface area contributed by atoms with Crippen LogP contribution in [0.3, 0.4) is 0 Å². The van der Waals surface area contributed by atoms with E-state index >= 15 is 0 Å². The zero-order valence-corrected chi connectivity index (χ0v) is 24.1. The lowest BCUT2D eigenvalue weighted by molar-refractivity contribution is 0.680. The van der Waals surface area contributed by atoms with Crippen molar-refractivity contribution in [1.29, 1.82) is 0 Å². The molecule has 1 nitrogen and oxygen atoms in total. The van der Waals surface area contributed by atoms with Gasteiger partial charge in [0.25, 0.3) is 0 Å². The Balaban J connectivity index is 0.000000403. The van der Waals surface area contributed by atoms with Crippen LogP contribution < -0.4 is 4.90 Å². The van der Waals surface area contributed by atoms with Crippen LogP contribution in [0.2, 0.25) is 0 Å². The number of nitrogens with zero attached hydrogens (tertiary/aromatic N) is 1. The fraction of sp³-hybridized carbons (Fsp3) is 0.179. The number of hydrogen-bond donors (Lipinski definition) is 0. The number of benzene rings is 6. The second-order valence-corrected chi connectivity index (χ2v) is 10.9. The van der Waals surface area contributed by atoms with Crippen molar-refractivity contribution in [2.24, 2.45) is 0 Å². The van der Waals surface area contributed by atoms with E-state index in [9.17, 15) is 0 Å². The predicted molar refractivity (Wildman–Crippen MR) is 176 cm³/mol. The van der Waals surface area contributed by atoms with Crippen LogP contribution in [0, 0.1) is 6.92 Å². The number of anilines is 1. The third-order valence-electron chi connectivity index (χ3n) is 7.77. The SMILES string of the molecule is CC(CCc1ccccc1)c1ccc(-c2c(N(C)C)c3ccccc3c3ccccc23)cc1.Cc1ccccc1. The Kier molecular flexibility index (Phi) is 8.62. The second kappa shape index (κ2) is 12.7. The molecule has 0 saturated carbocycles. The summed E-state index contributed by atoms with van der Waals surface area (Å²) in [6.07, 6.45) is 2.27. The summed E-state index contributed by atoms with van der Waals surface area (Å²) in [6, 6.07) is 47.9. The smallest absolute Gasteiger partial charge is 0.0526 e. The van der Waals surface area contributed by atoms with Gasteiger partial charge < -0.3 is 4.90 Å². The number of fused-ring (bicyclic) bond motifs is 3. The summed E-state index contributed by atoms with van der Waals surface area (Å²) >= 11 is 0. The van der Waals surface area contributed by atoms with E-state index in [0.717, 1.165) is 12.8 Å². The molecule has 0 amide bonds. The first kappa shape index (κ1) is 27.2. The van der Waals surface area contributed by atoms with Gasteiger partial charge in [0.2, 0.25) is 0 Å². The molecule has 0 N–H and O–H groups in total. The highest BCUT2D eigenvalue weighted by atomic mass is 15.1. The van der Waals surface area contributed by atoms with Gasteiger partial charge in [-0.15, -0.1) is 0 Å². The van der Waals surface area contributed by atoms with Crippen molar-refractivity contribution in [2.45, 2.75) is 32.6 Å². The highest BCUT2D eigenvalue weighted by molar-refractivity contribution is 6.20. The Morgan fingerprint density at radius 1 is 0.550 bits per heavy atom. The van der Waals surface area contributed by atoms with E-state index in [1.54, 1.807) is 0 Å². The van der Waals surface area contributed by atoms with Crippen molar-refractivity contribution >= 4 is 27.2 Å². The maximum absolute atomic E-state index is 2.34. The van der Waals surface area contributed by atoms with Gasteiger partial charge in [-0.2, -0.15) is 0 Å². The van der Waals surface area contributed by atoms with Gasteiger partial charge in [0.15, 0.2) is 0 Å². The van der Waals surface area contributed by atoms with Crippen LogP contribution in [0.1, 0.15) is 36.0 Å². The highest BCUT2D eigenvalue weighted by Gasteiger charge is 2.17. The van der Waals surface area contributed by atoms with Gasteiger partial charge in [0, 0.05) is 25.0 Å². The molecule has 6 aromatic rings. The Hall–Kier alpha value is -4.36. The molecular weight excluding hydrogens is 482 g/mol. The summed E-state index contributed by atoms with van der Waals surface area (Å²) in [5.74, 6) is 0.529. The molecule has 0 aliphatic heterocycles. The minimum atomic E-state index is 0.529. The zero-order valence-electron chi connectivity index (χ0n) is 24.1. The number of aryl methyl sites for hydroxylation is 2. The van der Waals surface area contributed by atoms with E-state index in [4.69, 9.17) is 0 Å². The molecular formula is C39H39N. The largest absolute Gasteiger partial charge is 0.377 e. The van der Waals surface area contributed by atoms with E-state index in [2.05, 4.69) is 148 Å². The Morgan fingerprint density at radius 2 is 1.05 bits per heavy atom. The minimum absolute atomic E-state index is 0.529. The summed E-state index contributed by atoms with van der Waals surface area (Å²) in [7, 11) is 4.31. The van der Waals surface area contributed by atoms with Gasteiger partial charge >= 0.3 is 0 Å². The van der Waals surface area contributed by atoms with E-state index in [0.29, 0.717) is 5.92 Å². The molecule has 1 heteroatoms. The van der Waals surface area contributed by atoms with Gasteiger partial charge in [-0.25, -0.2) is 0 Å². The third kappa shape index (κ3) is 6.10. The van der Waals surface area contributed by atoms with Gasteiger partial charge in [-0.05, 0) is 58.5 Å². The minimum Gasteiger partial charge on any atom is -0.377 e. The molecule has 6 aromatic carbocycles. The Labute approximate surface area is 239 Å². The monoisotopic (exact) mass is 521 g/mol. The molecule has 40 heavy (non-hydrogen) atoms. The van der Waals surface area contributed by atoms with Crippen LogP contribution in [0.5, 0.6) is 0 Å². The average molecular weight is 522 g/mol. The summed E-state index contributed by atoms with van der Waals surface area (Å²) in [5.41, 5.74) is 8.03. The predicted octanol–water partition coefficient (Wildman–Crippen LogP) is 10.5. The van der Waals surface area contributed by atoms with Gasteiger partial charge in [-0.3, -0.25) is 0 Å². The van der Waals surface area contributed by atoms with Gasteiger partial charge in [-0.1, -0.05) is 146 Å². The molecule has 0 aliphatic rings. The van der Waals surface area contributed by atoms with Crippen LogP contribution in [0.4, 0.5) is 5.69 Å². The van der Waals surface area contributed by atoms with E-state index < -0.39 is 0 Å². The Bertz CT molecular complexity index is 1670. The van der Waals surface area contributed by atoms with Crippen LogP contribution in [0.25, 0.3) is 32.7 Å². The maximum atomic E-state index is 2.34. The highest BCUT2D eigenvalue weighted by Crippen LogP contribution is 2.43. The van der Waals surface area contributed by atoms with Gasteiger partial charge in [0.1, 0.15) is 0 Å². The molecule has 0 aliphatic carbocycles. The summed E-state index contributed by atoms with van der Waals surface area (Å²) in [5, 5.41) is 5.24. The lowest BCUT2D eigenvalue weighted by Crippen LogP contribution is -2.11. The number of hydrogen-bond acceptors (Lipinski definition) is 1. The first-order valence-electron chi connectivity index (χ1n) is 14.3. The molecule has 0 bridgehead atoms. The molecule has 6 rings (SSSR count). The van der Waals surface area contributed by atoms with Crippen LogP contribution >= 0.6 is 0 Å². The zero-order chi connectivity index (χ0) is 27.9. The fourth-order valence-electron chi connectivity index (χ4n) is 5.59. The van der Waals surface area contributed by atoms with Gasteiger partial charge in [0.05, 0.1) is 5.69 Å². The van der Waals surface area contributed by atoms with Crippen molar-refractivity contribution < 1.29 is 0 Å². The standard InChI is InChI=1S/C32H31N.C7H8/c1-23(17-18-24-11-5-4-6-12-24)25-19-21-26(22-20-25)31-29-15-9-7-13-27(29)28-14-8-10-16-30(28)32(31)33(2)3;1-7-5-3-2-4-6-7/h4-16,19-23H,17-18H2,1-3H3;2-6H,1H3. The molecule has 0 heterocycles. The van der Waals surface area contributed by atoms with E-state index in [1.165, 1.54) is 55.0 Å². The molecule has 0 fully saturated rings. The van der Waals surface area contributed by atoms with Crippen LogP contribution in [0.15, 0.2) is 133 Å². The normalized spacial score (nSPS) is 11.6. The molecule has 1 unspecified atom stereocenters. The summed E-state index contributed by atoms with van der Waals surface area (Å²) in [4.78, 5) is 2.26. The van der Waals surface area contributed by atoms with E-state index in [1.807, 2.05) is 18.2 Å². The lowest BCUT2D eigenvalue weighted by atomic mass is 9.88. The van der Waals surface area contributed by atoms with E-state index in [-0.39, 0.29) is 0 Å². The molecule has 0 radical (unpaired) electrons. The topological polar surface area (TPSA) is 3.24 Å². The lowest BCUT2D eigenvalue weighted by Gasteiger charge is -2.23. The van der Waals surface area contributed by atoms with Crippen molar-refractivity contribution in [3.63, 3.8) is 0 Å². The molecule has 200 valence electrons. The molecule has 0 saturated heterocycles. The van der Waals surface area contributed by atoms with Crippen LogP contribution in [-0.2, 0) is 6.42 Å². The molecule has 0 aromatic heterocycles. The fourth-order valence-corrected chi connectivity index (χ4v) is 5.59. The summed E-state index contributed by atoms with van der Waals surface area (Å²) in [6.45, 7) is 4.43. The second-order valence-electron chi connectivity index (χ2n) is 10.9. The Morgan fingerprint density at radius 3 is 1.60 bits per heavy atom. The quantitative estimate of drug-likeness (QED) is 0.197. The first-order chi connectivity index (χ1) is 19.5. The first-order valence-corrected chi connectivity index (χ1v) is 14.3. The molecule has 0 spiro atoms. The molecule has 1 atom stereocenters. The van der Waals surface area contributed by atoms with Crippen molar-refractivity contribution in [3.8, 4) is 11.1 Å². The summed E-state index contributed by atoms with van der Waals surface area (Å²) < 4.78 is 0. The average Bonchev–Trinajstić information content (AvgIpc) is 3.00. The van der Waals surface area contributed by atoms with Crippen molar-refractivity contribution in [2.75, 3.05) is 19.0 Å². The van der Waals surface area contributed by atoms with Crippen molar-refractivity contribution in [3.05, 3.63) is 150 Å². The maximum Gasteiger partial charge on any atom is 0.0526 e. The van der Waals surface area contributed by atoms with Crippen LogP contribution in [-0.4, -0.2) is 14.1 Å². The number of rotatable bonds is 6. The third-order valence-corrected chi connectivity index (χ3v) is 7.77. The van der Waals surface area contributed by atoms with Crippen molar-refractivity contribution in [1.82, 2.24) is 0 Å².